The minimum atomic E-state index is -0.302. The average Bonchev–Trinajstić information content (AvgIpc) is 2.66. The molecule has 2 aliphatic carbocycles. The maximum atomic E-state index is 10.5. The Morgan fingerprint density at radius 3 is 1.56 bits per heavy atom. The molecule has 0 radical (unpaired) electrons. The summed E-state index contributed by atoms with van der Waals surface area (Å²) >= 11 is 0. The molecular formula is C24H43NO2. The molecule has 0 bridgehead atoms. The van der Waals surface area contributed by atoms with Gasteiger partial charge in [0.25, 0.3) is 0 Å². The van der Waals surface area contributed by atoms with Gasteiger partial charge < -0.3 is 15.5 Å². The Morgan fingerprint density at radius 2 is 1.19 bits per heavy atom. The first-order valence-corrected chi connectivity index (χ1v) is 11.5. The molecule has 0 heterocycles. The molecule has 156 valence electrons. The van der Waals surface area contributed by atoms with E-state index in [0.29, 0.717) is 11.8 Å². The molecule has 0 aromatic heterocycles. The topological polar surface area (TPSA) is 52.5 Å². The predicted octanol–water partition coefficient (Wildman–Crippen LogP) is 5.54. The fraction of sp³-hybridized carbons (Fsp3) is 0.833. The van der Waals surface area contributed by atoms with Gasteiger partial charge in [-0.1, -0.05) is 65.5 Å². The summed E-state index contributed by atoms with van der Waals surface area (Å²) < 4.78 is 0. The number of aliphatic hydroxyl groups is 2. The van der Waals surface area contributed by atoms with Crippen molar-refractivity contribution in [1.29, 1.82) is 0 Å². The Balaban J connectivity index is 1.89. The van der Waals surface area contributed by atoms with Crippen molar-refractivity contribution in [3.8, 4) is 0 Å². The van der Waals surface area contributed by atoms with Crippen molar-refractivity contribution in [3.05, 3.63) is 24.6 Å². The second kappa shape index (κ2) is 11.3. The van der Waals surface area contributed by atoms with Gasteiger partial charge in [-0.3, -0.25) is 0 Å². The van der Waals surface area contributed by atoms with Gasteiger partial charge in [-0.05, 0) is 50.4 Å². The molecular weight excluding hydrogens is 334 g/mol. The molecule has 2 fully saturated rings. The van der Waals surface area contributed by atoms with Crippen molar-refractivity contribution in [3.63, 3.8) is 0 Å². The van der Waals surface area contributed by atoms with Crippen molar-refractivity contribution in [2.75, 3.05) is 0 Å². The van der Waals surface area contributed by atoms with E-state index in [1.54, 1.807) is 0 Å². The number of aliphatic hydroxyl groups excluding tert-OH is 2. The minimum Gasteiger partial charge on any atom is -0.392 e. The summed E-state index contributed by atoms with van der Waals surface area (Å²) in [6.45, 7) is 13.0. The van der Waals surface area contributed by atoms with Gasteiger partial charge in [-0.15, -0.1) is 0 Å². The summed E-state index contributed by atoms with van der Waals surface area (Å²) in [4.78, 5) is 0. The third-order valence-corrected chi connectivity index (χ3v) is 6.99. The zero-order valence-electron chi connectivity index (χ0n) is 17.8. The lowest BCUT2D eigenvalue weighted by atomic mass is 9.75. The lowest BCUT2D eigenvalue weighted by Crippen LogP contribution is -2.38. The van der Waals surface area contributed by atoms with Crippen LogP contribution in [0, 0.1) is 23.7 Å². The van der Waals surface area contributed by atoms with Crippen LogP contribution < -0.4 is 5.32 Å². The van der Waals surface area contributed by atoms with Gasteiger partial charge in [-0.2, -0.15) is 0 Å². The Labute approximate surface area is 167 Å². The van der Waals surface area contributed by atoms with Gasteiger partial charge in [0.15, 0.2) is 0 Å². The van der Waals surface area contributed by atoms with Crippen molar-refractivity contribution in [2.24, 2.45) is 23.7 Å². The number of hydrogen-bond donors (Lipinski definition) is 3. The van der Waals surface area contributed by atoms with E-state index in [1.807, 2.05) is 0 Å². The smallest absolute Gasteiger partial charge is 0.0623 e. The first-order chi connectivity index (χ1) is 13.0. The zero-order chi connectivity index (χ0) is 19.8. The maximum absolute atomic E-state index is 10.5. The molecule has 6 unspecified atom stereocenters. The van der Waals surface area contributed by atoms with Crippen molar-refractivity contribution in [1.82, 2.24) is 5.32 Å². The van der Waals surface area contributed by atoms with E-state index in [4.69, 9.17) is 0 Å². The molecule has 0 spiro atoms. The van der Waals surface area contributed by atoms with E-state index < -0.39 is 0 Å². The number of rotatable bonds is 10. The van der Waals surface area contributed by atoms with E-state index >= 15 is 0 Å². The molecule has 2 saturated carbocycles. The molecule has 0 aliphatic heterocycles. The van der Waals surface area contributed by atoms with Crippen LogP contribution in [0.1, 0.15) is 90.9 Å². The Kier molecular flexibility index (Phi) is 9.38. The van der Waals surface area contributed by atoms with Crippen LogP contribution in [0.5, 0.6) is 0 Å². The van der Waals surface area contributed by atoms with Crippen LogP contribution in [0.3, 0.4) is 0 Å². The summed E-state index contributed by atoms with van der Waals surface area (Å²) in [6.07, 6.45) is 13.0. The second-order valence-electron chi connectivity index (χ2n) is 9.17. The number of unbranched alkanes of at least 4 members (excludes halogenated alkanes) is 2. The molecule has 0 amide bonds. The van der Waals surface area contributed by atoms with E-state index in [9.17, 15) is 10.2 Å². The lowest BCUT2D eigenvalue weighted by Gasteiger charge is -2.38. The highest BCUT2D eigenvalue weighted by atomic mass is 16.3. The fourth-order valence-electron chi connectivity index (χ4n) is 5.13. The Hall–Kier alpha value is -0.800. The predicted molar refractivity (Wildman–Crippen MR) is 114 cm³/mol. The monoisotopic (exact) mass is 377 g/mol. The van der Waals surface area contributed by atoms with Gasteiger partial charge in [0.05, 0.1) is 12.2 Å². The van der Waals surface area contributed by atoms with Crippen LogP contribution >= 0.6 is 0 Å². The second-order valence-corrected chi connectivity index (χ2v) is 9.17. The molecule has 3 heteroatoms. The molecule has 0 saturated heterocycles. The lowest BCUT2D eigenvalue weighted by molar-refractivity contribution is 0.0535. The third kappa shape index (κ3) is 6.64. The van der Waals surface area contributed by atoms with Gasteiger partial charge >= 0.3 is 0 Å². The molecule has 3 N–H and O–H groups in total. The summed E-state index contributed by atoms with van der Waals surface area (Å²) in [5, 5.41) is 24.5. The zero-order valence-corrected chi connectivity index (χ0v) is 17.8. The molecule has 6 atom stereocenters. The van der Waals surface area contributed by atoms with Crippen LogP contribution in [0.25, 0.3) is 0 Å². The minimum absolute atomic E-state index is 0.106. The highest BCUT2D eigenvalue weighted by Gasteiger charge is 2.34. The Bertz CT molecular complexity index is 429. The quantitative estimate of drug-likeness (QED) is 0.468. The highest BCUT2D eigenvalue weighted by molar-refractivity contribution is 5.14. The molecule has 0 aromatic rings. The average molecular weight is 378 g/mol. The largest absolute Gasteiger partial charge is 0.392 e. The van der Waals surface area contributed by atoms with Gasteiger partial charge in [0.1, 0.15) is 0 Å². The number of hydrogen-bond acceptors (Lipinski definition) is 3. The first-order valence-electron chi connectivity index (χ1n) is 11.5. The van der Waals surface area contributed by atoms with E-state index in [2.05, 4.69) is 32.3 Å². The first kappa shape index (κ1) is 22.5. The fourth-order valence-corrected chi connectivity index (χ4v) is 5.13. The van der Waals surface area contributed by atoms with Crippen molar-refractivity contribution >= 4 is 0 Å². The molecule has 3 nitrogen and oxygen atoms in total. The Morgan fingerprint density at radius 1 is 0.778 bits per heavy atom. The van der Waals surface area contributed by atoms with E-state index in [1.165, 1.54) is 38.5 Å². The normalized spacial score (nSPS) is 34.2. The molecule has 2 aliphatic rings. The van der Waals surface area contributed by atoms with E-state index in [-0.39, 0.29) is 24.0 Å². The number of nitrogens with one attached hydrogen (secondary N) is 1. The highest BCUT2D eigenvalue weighted by Crippen LogP contribution is 2.38. The standard InChI is InChI=1S/C24H43NO2/c1-5-7-9-19-11-13-23(26)21(15-19)17(3)25-18(4)22-16-20(10-8-6-2)12-14-24(22)27/h19-27H,3-16H2,1-2H3. The maximum Gasteiger partial charge on any atom is 0.0623 e. The molecule has 2 rings (SSSR count). The van der Waals surface area contributed by atoms with Crippen LogP contribution in [0.4, 0.5) is 0 Å². The van der Waals surface area contributed by atoms with Crippen molar-refractivity contribution in [2.45, 2.75) is 103 Å². The van der Waals surface area contributed by atoms with Gasteiger partial charge in [0.2, 0.25) is 0 Å². The van der Waals surface area contributed by atoms with Crippen LogP contribution in [0.2, 0.25) is 0 Å². The van der Waals surface area contributed by atoms with Gasteiger partial charge in [-0.25, -0.2) is 0 Å². The third-order valence-electron chi connectivity index (χ3n) is 6.99. The molecule has 27 heavy (non-hydrogen) atoms. The van der Waals surface area contributed by atoms with Crippen LogP contribution in [-0.4, -0.2) is 22.4 Å². The van der Waals surface area contributed by atoms with Gasteiger partial charge in [0, 0.05) is 23.2 Å². The SMILES string of the molecule is C=C(NC(=C)C1CC(CCCC)CCC1O)C1CC(CCCC)CCC1O. The van der Waals surface area contributed by atoms with Crippen LogP contribution in [0.15, 0.2) is 24.6 Å². The van der Waals surface area contributed by atoms with Crippen molar-refractivity contribution < 1.29 is 10.2 Å². The summed E-state index contributed by atoms with van der Waals surface area (Å²) in [6, 6.07) is 0. The summed E-state index contributed by atoms with van der Waals surface area (Å²) in [5.41, 5.74) is 1.80. The molecule has 0 aromatic carbocycles. The summed E-state index contributed by atoms with van der Waals surface area (Å²) in [5.74, 6) is 1.61. The summed E-state index contributed by atoms with van der Waals surface area (Å²) in [7, 11) is 0. The van der Waals surface area contributed by atoms with E-state index in [0.717, 1.165) is 49.9 Å². The van der Waals surface area contributed by atoms with Crippen LogP contribution in [-0.2, 0) is 0 Å².